The first kappa shape index (κ1) is 17.2. The number of hydrogen-bond donors (Lipinski definition) is 2. The van der Waals surface area contributed by atoms with Crippen LogP contribution in [0, 0.1) is 5.41 Å². The quantitative estimate of drug-likeness (QED) is 0.812. The van der Waals surface area contributed by atoms with Crippen molar-refractivity contribution in [2.24, 2.45) is 5.41 Å². The van der Waals surface area contributed by atoms with Gasteiger partial charge < -0.3 is 15.5 Å². The van der Waals surface area contributed by atoms with E-state index >= 15 is 0 Å². The molecular formula is C14H26ClN3O2. The normalized spacial score (nSPS) is 24.0. The van der Waals surface area contributed by atoms with E-state index < -0.39 is 0 Å². The van der Waals surface area contributed by atoms with Crippen LogP contribution in [0.25, 0.3) is 0 Å². The molecule has 5 nitrogen and oxygen atoms in total. The molecule has 1 heterocycles. The van der Waals surface area contributed by atoms with Crippen molar-refractivity contribution in [2.45, 2.75) is 44.6 Å². The smallest absolute Gasteiger partial charge is 0.237 e. The number of nitrogens with zero attached hydrogens (tertiary/aromatic N) is 1. The van der Waals surface area contributed by atoms with E-state index in [9.17, 15) is 9.59 Å². The third-order valence-corrected chi connectivity index (χ3v) is 4.40. The van der Waals surface area contributed by atoms with Gasteiger partial charge in [-0.05, 0) is 32.2 Å². The number of rotatable bonds is 4. The van der Waals surface area contributed by atoms with Gasteiger partial charge in [0, 0.05) is 20.6 Å². The van der Waals surface area contributed by atoms with Crippen molar-refractivity contribution in [1.29, 1.82) is 0 Å². The monoisotopic (exact) mass is 303 g/mol. The zero-order chi connectivity index (χ0) is 13.9. The maximum absolute atomic E-state index is 12.4. The van der Waals surface area contributed by atoms with Gasteiger partial charge in [-0.1, -0.05) is 12.8 Å². The highest BCUT2D eigenvalue weighted by Gasteiger charge is 2.42. The second-order valence-corrected chi connectivity index (χ2v) is 6.05. The van der Waals surface area contributed by atoms with Crippen molar-refractivity contribution in [3.8, 4) is 0 Å². The minimum atomic E-state index is -0.363. The summed E-state index contributed by atoms with van der Waals surface area (Å²) in [5, 5.41) is 6.18. The van der Waals surface area contributed by atoms with Gasteiger partial charge in [-0.25, -0.2) is 0 Å². The summed E-state index contributed by atoms with van der Waals surface area (Å²) < 4.78 is 0. The molecule has 2 rings (SSSR count). The molecule has 0 aromatic carbocycles. The molecular weight excluding hydrogens is 278 g/mol. The van der Waals surface area contributed by atoms with Gasteiger partial charge in [-0.3, -0.25) is 9.59 Å². The molecule has 116 valence electrons. The molecule has 1 saturated heterocycles. The van der Waals surface area contributed by atoms with Crippen LogP contribution in [0.5, 0.6) is 0 Å². The molecule has 1 atom stereocenters. The molecule has 1 aliphatic carbocycles. The van der Waals surface area contributed by atoms with E-state index in [4.69, 9.17) is 0 Å². The molecule has 2 N–H and O–H groups in total. The number of nitrogens with one attached hydrogen (secondary N) is 2. The Balaban J connectivity index is 0.00000200. The minimum absolute atomic E-state index is 0. The predicted molar refractivity (Wildman–Crippen MR) is 80.9 cm³/mol. The lowest BCUT2D eigenvalue weighted by Crippen LogP contribution is -2.49. The first-order valence-corrected chi connectivity index (χ1v) is 7.28. The Labute approximate surface area is 127 Å². The largest absolute Gasteiger partial charge is 0.354 e. The van der Waals surface area contributed by atoms with Gasteiger partial charge in [-0.15, -0.1) is 12.4 Å². The predicted octanol–water partition coefficient (Wildman–Crippen LogP) is 0.925. The maximum atomic E-state index is 12.4. The SMILES string of the molecule is CN(C)C(=O)C1(CNC(=O)C2CCCN2)CCCC1.Cl. The van der Waals surface area contributed by atoms with E-state index in [1.807, 2.05) is 0 Å². The van der Waals surface area contributed by atoms with Crippen LogP contribution in [0.15, 0.2) is 0 Å². The Hall–Kier alpha value is -0.810. The van der Waals surface area contributed by atoms with Crippen LogP contribution in [0.3, 0.4) is 0 Å². The van der Waals surface area contributed by atoms with Crippen molar-refractivity contribution < 1.29 is 9.59 Å². The summed E-state index contributed by atoms with van der Waals surface area (Å²) in [6.45, 7) is 1.40. The molecule has 0 spiro atoms. The van der Waals surface area contributed by atoms with Crippen LogP contribution >= 0.6 is 12.4 Å². The van der Waals surface area contributed by atoms with Gasteiger partial charge in [0.15, 0.2) is 0 Å². The van der Waals surface area contributed by atoms with Crippen molar-refractivity contribution >= 4 is 24.2 Å². The molecule has 0 aromatic heterocycles. The van der Waals surface area contributed by atoms with Gasteiger partial charge in [-0.2, -0.15) is 0 Å². The highest BCUT2D eigenvalue weighted by atomic mass is 35.5. The molecule has 1 saturated carbocycles. The number of hydrogen-bond acceptors (Lipinski definition) is 3. The van der Waals surface area contributed by atoms with Crippen LogP contribution in [-0.2, 0) is 9.59 Å². The van der Waals surface area contributed by atoms with E-state index in [-0.39, 0.29) is 35.7 Å². The van der Waals surface area contributed by atoms with Crippen LogP contribution in [0.4, 0.5) is 0 Å². The summed E-state index contributed by atoms with van der Waals surface area (Å²) in [6, 6.07) is -0.0621. The van der Waals surface area contributed by atoms with Gasteiger partial charge in [0.05, 0.1) is 11.5 Å². The second-order valence-electron chi connectivity index (χ2n) is 6.05. The summed E-state index contributed by atoms with van der Waals surface area (Å²) in [4.78, 5) is 26.1. The minimum Gasteiger partial charge on any atom is -0.354 e. The lowest BCUT2D eigenvalue weighted by atomic mass is 9.84. The molecule has 0 aromatic rings. The average molecular weight is 304 g/mol. The Bertz CT molecular complexity index is 348. The third-order valence-electron chi connectivity index (χ3n) is 4.40. The molecule has 20 heavy (non-hydrogen) atoms. The summed E-state index contributed by atoms with van der Waals surface area (Å²) in [5.41, 5.74) is -0.363. The van der Waals surface area contributed by atoms with E-state index in [2.05, 4.69) is 10.6 Å². The summed E-state index contributed by atoms with van der Waals surface area (Å²) in [6.07, 6.45) is 5.90. The first-order valence-electron chi connectivity index (χ1n) is 7.28. The highest BCUT2D eigenvalue weighted by molar-refractivity contribution is 5.86. The summed E-state index contributed by atoms with van der Waals surface area (Å²) >= 11 is 0. The Kier molecular flexibility index (Phi) is 6.27. The standard InChI is InChI=1S/C14H25N3O2.ClH/c1-17(2)13(19)14(7-3-4-8-14)10-16-12(18)11-6-5-9-15-11;/h11,15H,3-10H2,1-2H3,(H,16,18);1H. The number of halogens is 1. The lowest BCUT2D eigenvalue weighted by molar-refractivity contribution is -0.139. The van der Waals surface area contributed by atoms with Gasteiger partial charge in [0.2, 0.25) is 11.8 Å². The summed E-state index contributed by atoms with van der Waals surface area (Å²) in [5.74, 6) is 0.208. The molecule has 1 aliphatic heterocycles. The molecule has 1 unspecified atom stereocenters. The number of amides is 2. The molecule has 0 radical (unpaired) electrons. The molecule has 0 bridgehead atoms. The van der Waals surface area contributed by atoms with Gasteiger partial charge >= 0.3 is 0 Å². The van der Waals surface area contributed by atoms with Gasteiger partial charge in [0.1, 0.15) is 0 Å². The topological polar surface area (TPSA) is 61.4 Å². The second kappa shape index (κ2) is 7.27. The molecule has 6 heteroatoms. The number of carbonyl (C=O) groups excluding carboxylic acids is 2. The fourth-order valence-corrected chi connectivity index (χ4v) is 3.28. The van der Waals surface area contributed by atoms with Crippen LogP contribution in [0.1, 0.15) is 38.5 Å². The zero-order valence-corrected chi connectivity index (χ0v) is 13.2. The van der Waals surface area contributed by atoms with Crippen LogP contribution < -0.4 is 10.6 Å². The van der Waals surface area contributed by atoms with Gasteiger partial charge in [0.25, 0.3) is 0 Å². The Morgan fingerprint density at radius 1 is 1.25 bits per heavy atom. The zero-order valence-electron chi connectivity index (χ0n) is 12.4. The van der Waals surface area contributed by atoms with E-state index in [1.165, 1.54) is 0 Å². The van der Waals surface area contributed by atoms with Crippen molar-refractivity contribution in [3.63, 3.8) is 0 Å². The Morgan fingerprint density at radius 2 is 1.90 bits per heavy atom. The van der Waals surface area contributed by atoms with Crippen molar-refractivity contribution in [2.75, 3.05) is 27.2 Å². The maximum Gasteiger partial charge on any atom is 0.237 e. The molecule has 2 fully saturated rings. The fraction of sp³-hybridized carbons (Fsp3) is 0.857. The summed E-state index contributed by atoms with van der Waals surface area (Å²) in [7, 11) is 3.59. The first-order chi connectivity index (χ1) is 9.05. The highest BCUT2D eigenvalue weighted by Crippen LogP contribution is 2.38. The number of carbonyl (C=O) groups is 2. The average Bonchev–Trinajstić information content (AvgIpc) is 3.06. The van der Waals surface area contributed by atoms with E-state index in [0.717, 1.165) is 45.1 Å². The van der Waals surface area contributed by atoms with E-state index in [0.29, 0.717) is 6.54 Å². The van der Waals surface area contributed by atoms with Crippen molar-refractivity contribution in [3.05, 3.63) is 0 Å². The van der Waals surface area contributed by atoms with Crippen LogP contribution in [0.2, 0.25) is 0 Å². The lowest BCUT2D eigenvalue weighted by Gasteiger charge is -2.31. The fourth-order valence-electron chi connectivity index (χ4n) is 3.28. The molecule has 2 aliphatic rings. The van der Waals surface area contributed by atoms with Crippen molar-refractivity contribution in [1.82, 2.24) is 15.5 Å². The Morgan fingerprint density at radius 3 is 2.40 bits per heavy atom. The van der Waals surface area contributed by atoms with Crippen LogP contribution in [-0.4, -0.2) is 49.9 Å². The molecule has 2 amide bonds. The third kappa shape index (κ3) is 3.64. The van der Waals surface area contributed by atoms with E-state index in [1.54, 1.807) is 19.0 Å².